The normalized spacial score (nSPS) is 13.5. The minimum absolute atomic E-state index is 0.351. The topological polar surface area (TPSA) is 49.3 Å². The summed E-state index contributed by atoms with van der Waals surface area (Å²) < 4.78 is 0. The molecule has 2 N–H and O–H groups in total. The molecule has 2 rings (SSSR count). The Labute approximate surface area is 133 Å². The van der Waals surface area contributed by atoms with E-state index in [1.54, 1.807) is 25.1 Å². The van der Waals surface area contributed by atoms with Crippen molar-refractivity contribution in [1.29, 1.82) is 0 Å². The van der Waals surface area contributed by atoms with Gasteiger partial charge in [0.25, 0.3) is 0 Å². The number of hydrogen-bond acceptors (Lipinski definition) is 2. The molecule has 0 spiro atoms. The lowest BCUT2D eigenvalue weighted by atomic mass is 9.92. The van der Waals surface area contributed by atoms with Crippen LogP contribution in [0.3, 0.4) is 0 Å². The van der Waals surface area contributed by atoms with Crippen LogP contribution in [-0.4, -0.2) is 16.6 Å². The summed E-state index contributed by atoms with van der Waals surface area (Å²) in [6, 6.07) is 14.4. The highest BCUT2D eigenvalue weighted by Gasteiger charge is 2.33. The number of halogens is 2. The van der Waals surface area contributed by atoms with Gasteiger partial charge in [0.15, 0.2) is 0 Å². The molecule has 0 saturated heterocycles. The van der Waals surface area contributed by atoms with Crippen LogP contribution in [0.1, 0.15) is 12.5 Å². The Bertz CT molecular complexity index is 646. The highest BCUT2D eigenvalue weighted by Crippen LogP contribution is 2.28. The second-order valence-corrected chi connectivity index (χ2v) is 5.87. The predicted molar refractivity (Wildman–Crippen MR) is 86.3 cm³/mol. The van der Waals surface area contributed by atoms with E-state index in [9.17, 15) is 9.90 Å². The smallest absolute Gasteiger partial charge is 0.329 e. The predicted octanol–water partition coefficient (Wildman–Crippen LogP) is 4.49. The van der Waals surface area contributed by atoms with E-state index in [0.717, 1.165) is 5.56 Å². The third kappa shape index (κ3) is 3.90. The summed E-state index contributed by atoms with van der Waals surface area (Å²) in [4.78, 5) is 11.7. The second kappa shape index (κ2) is 6.37. The summed E-state index contributed by atoms with van der Waals surface area (Å²) in [5, 5.41) is 13.4. The number of anilines is 1. The van der Waals surface area contributed by atoms with Crippen molar-refractivity contribution in [2.24, 2.45) is 0 Å². The third-order valence-electron chi connectivity index (χ3n) is 3.21. The SMILES string of the molecule is CC(Cc1ccccc1)(Nc1ccc(Cl)c(Cl)c1)C(=O)O. The average Bonchev–Trinajstić information content (AvgIpc) is 2.44. The number of carboxylic acids is 1. The van der Waals surface area contributed by atoms with Crippen molar-refractivity contribution >= 4 is 34.9 Å². The summed E-state index contributed by atoms with van der Waals surface area (Å²) in [6.07, 6.45) is 0.351. The van der Waals surface area contributed by atoms with Crippen molar-refractivity contribution in [1.82, 2.24) is 0 Å². The fourth-order valence-corrected chi connectivity index (χ4v) is 2.37. The molecular weight excluding hydrogens is 309 g/mol. The Kier molecular flexibility index (Phi) is 4.76. The van der Waals surface area contributed by atoms with Crippen LogP contribution in [0.2, 0.25) is 10.0 Å². The second-order valence-electron chi connectivity index (χ2n) is 5.05. The van der Waals surface area contributed by atoms with Gasteiger partial charge < -0.3 is 10.4 Å². The minimum atomic E-state index is -1.14. The Morgan fingerprint density at radius 1 is 1.14 bits per heavy atom. The van der Waals surface area contributed by atoms with Gasteiger partial charge in [-0.15, -0.1) is 0 Å². The molecule has 0 aliphatic carbocycles. The first kappa shape index (κ1) is 15.7. The lowest BCUT2D eigenvalue weighted by Crippen LogP contribution is -2.45. The van der Waals surface area contributed by atoms with Gasteiger partial charge in [0.2, 0.25) is 0 Å². The van der Waals surface area contributed by atoms with Gasteiger partial charge in [0, 0.05) is 12.1 Å². The summed E-state index contributed by atoms with van der Waals surface area (Å²) in [7, 11) is 0. The van der Waals surface area contributed by atoms with Crippen LogP contribution in [0.4, 0.5) is 5.69 Å². The molecule has 110 valence electrons. The number of aliphatic carboxylic acids is 1. The largest absolute Gasteiger partial charge is 0.480 e. The van der Waals surface area contributed by atoms with Gasteiger partial charge in [-0.25, -0.2) is 4.79 Å². The van der Waals surface area contributed by atoms with Crippen molar-refractivity contribution in [3.8, 4) is 0 Å². The molecule has 2 aromatic rings. The van der Waals surface area contributed by atoms with Gasteiger partial charge in [-0.05, 0) is 30.7 Å². The van der Waals surface area contributed by atoms with Crippen molar-refractivity contribution in [3.05, 3.63) is 64.1 Å². The van der Waals surface area contributed by atoms with E-state index in [0.29, 0.717) is 22.2 Å². The van der Waals surface area contributed by atoms with E-state index in [2.05, 4.69) is 5.32 Å². The van der Waals surface area contributed by atoms with E-state index < -0.39 is 11.5 Å². The van der Waals surface area contributed by atoms with Gasteiger partial charge in [-0.3, -0.25) is 0 Å². The molecule has 0 saturated carbocycles. The quantitative estimate of drug-likeness (QED) is 0.852. The fraction of sp³-hybridized carbons (Fsp3) is 0.188. The molecule has 5 heteroatoms. The van der Waals surface area contributed by atoms with E-state index in [1.165, 1.54) is 0 Å². The van der Waals surface area contributed by atoms with E-state index in [-0.39, 0.29) is 0 Å². The van der Waals surface area contributed by atoms with Gasteiger partial charge in [-0.1, -0.05) is 53.5 Å². The first-order chi connectivity index (χ1) is 9.90. The molecule has 1 unspecified atom stereocenters. The Morgan fingerprint density at radius 2 is 1.81 bits per heavy atom. The highest BCUT2D eigenvalue weighted by atomic mass is 35.5. The zero-order valence-electron chi connectivity index (χ0n) is 11.4. The van der Waals surface area contributed by atoms with Crippen LogP contribution in [0.25, 0.3) is 0 Å². The number of nitrogens with one attached hydrogen (secondary N) is 1. The first-order valence-corrected chi connectivity index (χ1v) is 7.17. The lowest BCUT2D eigenvalue weighted by Gasteiger charge is -2.27. The van der Waals surface area contributed by atoms with Crippen molar-refractivity contribution in [2.45, 2.75) is 18.9 Å². The zero-order valence-corrected chi connectivity index (χ0v) is 12.9. The van der Waals surface area contributed by atoms with Crippen LogP contribution in [0.5, 0.6) is 0 Å². The molecule has 21 heavy (non-hydrogen) atoms. The number of hydrogen-bond donors (Lipinski definition) is 2. The van der Waals surface area contributed by atoms with E-state index in [1.807, 2.05) is 30.3 Å². The molecule has 0 aromatic heterocycles. The highest BCUT2D eigenvalue weighted by molar-refractivity contribution is 6.42. The standard InChI is InChI=1S/C16H15Cl2NO2/c1-16(15(20)21,10-11-5-3-2-4-6-11)19-12-7-8-13(17)14(18)9-12/h2-9,19H,10H2,1H3,(H,20,21). The summed E-state index contributed by atoms with van der Waals surface area (Å²) in [5.74, 6) is -0.933. The van der Waals surface area contributed by atoms with E-state index in [4.69, 9.17) is 23.2 Å². The lowest BCUT2D eigenvalue weighted by molar-refractivity contribution is -0.141. The number of carboxylic acid groups (broad SMARTS) is 1. The first-order valence-electron chi connectivity index (χ1n) is 6.41. The molecule has 0 heterocycles. The van der Waals surface area contributed by atoms with E-state index >= 15 is 0 Å². The number of carbonyl (C=O) groups is 1. The molecule has 0 bridgehead atoms. The third-order valence-corrected chi connectivity index (χ3v) is 3.95. The molecule has 0 amide bonds. The van der Waals surface area contributed by atoms with Crippen LogP contribution in [0, 0.1) is 0 Å². The molecule has 1 atom stereocenters. The monoisotopic (exact) mass is 323 g/mol. The maximum atomic E-state index is 11.7. The summed E-state index contributed by atoms with van der Waals surface area (Å²) >= 11 is 11.8. The van der Waals surface area contributed by atoms with Gasteiger partial charge in [0.05, 0.1) is 10.0 Å². The van der Waals surface area contributed by atoms with Crippen LogP contribution >= 0.6 is 23.2 Å². The van der Waals surface area contributed by atoms with Gasteiger partial charge >= 0.3 is 5.97 Å². The maximum Gasteiger partial charge on any atom is 0.329 e. The Balaban J connectivity index is 2.25. The summed E-state index contributed by atoms with van der Waals surface area (Å²) in [6.45, 7) is 1.64. The summed E-state index contributed by atoms with van der Waals surface area (Å²) in [5.41, 5.74) is 0.415. The molecular formula is C16H15Cl2NO2. The molecule has 0 aliphatic heterocycles. The maximum absolute atomic E-state index is 11.7. The Hall–Kier alpha value is -1.71. The van der Waals surface area contributed by atoms with Crippen molar-refractivity contribution in [3.63, 3.8) is 0 Å². The van der Waals surface area contributed by atoms with Crippen LogP contribution < -0.4 is 5.32 Å². The zero-order chi connectivity index (χ0) is 15.5. The molecule has 0 radical (unpaired) electrons. The van der Waals surface area contributed by atoms with Crippen LogP contribution in [-0.2, 0) is 11.2 Å². The fourth-order valence-electron chi connectivity index (χ4n) is 2.07. The molecule has 0 aliphatic rings. The molecule has 0 fully saturated rings. The van der Waals surface area contributed by atoms with Gasteiger partial charge in [-0.2, -0.15) is 0 Å². The molecule has 2 aromatic carbocycles. The average molecular weight is 324 g/mol. The number of rotatable bonds is 5. The van der Waals surface area contributed by atoms with Gasteiger partial charge in [0.1, 0.15) is 5.54 Å². The number of benzene rings is 2. The van der Waals surface area contributed by atoms with Crippen molar-refractivity contribution in [2.75, 3.05) is 5.32 Å². The molecule has 3 nitrogen and oxygen atoms in total. The Morgan fingerprint density at radius 3 is 2.38 bits per heavy atom. The minimum Gasteiger partial charge on any atom is -0.480 e. The van der Waals surface area contributed by atoms with Crippen molar-refractivity contribution < 1.29 is 9.90 Å². The van der Waals surface area contributed by atoms with Crippen LogP contribution in [0.15, 0.2) is 48.5 Å².